The number of fused-ring (bicyclic) bond motifs is 2. The SMILES string of the molecule is c1ccc2c(c1)CCC21CCC2(CCCCC2)O1. The summed E-state index contributed by atoms with van der Waals surface area (Å²) in [5, 5.41) is 0. The summed E-state index contributed by atoms with van der Waals surface area (Å²) in [6.45, 7) is 0. The molecule has 0 aromatic heterocycles. The van der Waals surface area contributed by atoms with Crippen LogP contribution in [0.1, 0.15) is 62.5 Å². The third kappa shape index (κ3) is 1.50. The van der Waals surface area contributed by atoms with Gasteiger partial charge >= 0.3 is 0 Å². The van der Waals surface area contributed by atoms with Gasteiger partial charge < -0.3 is 4.74 Å². The molecule has 1 heterocycles. The molecule has 1 aliphatic heterocycles. The van der Waals surface area contributed by atoms with Gasteiger partial charge in [0, 0.05) is 0 Å². The minimum Gasteiger partial charge on any atom is -0.364 e. The zero-order chi connectivity index (χ0) is 12.1. The van der Waals surface area contributed by atoms with Crippen LogP contribution in [0.4, 0.5) is 0 Å². The maximum atomic E-state index is 6.76. The van der Waals surface area contributed by atoms with Crippen LogP contribution in [0.25, 0.3) is 0 Å². The van der Waals surface area contributed by atoms with Gasteiger partial charge in [0.25, 0.3) is 0 Å². The smallest absolute Gasteiger partial charge is 0.0945 e. The van der Waals surface area contributed by atoms with Gasteiger partial charge in [-0.25, -0.2) is 0 Å². The van der Waals surface area contributed by atoms with Gasteiger partial charge in [0.1, 0.15) is 0 Å². The second-order valence-corrected chi connectivity index (χ2v) is 6.50. The van der Waals surface area contributed by atoms with Gasteiger partial charge in [-0.15, -0.1) is 0 Å². The van der Waals surface area contributed by atoms with Crippen molar-refractivity contribution in [1.29, 1.82) is 0 Å². The lowest BCUT2D eigenvalue weighted by atomic mass is 9.82. The zero-order valence-electron chi connectivity index (χ0n) is 11.1. The summed E-state index contributed by atoms with van der Waals surface area (Å²) in [6.07, 6.45) is 11.7. The fourth-order valence-corrected chi connectivity index (χ4v) is 4.51. The standard InChI is InChI=1S/C17H22O/c1-4-9-16(10-5-1)12-13-17(18-16)11-8-14-6-2-3-7-15(14)17/h2-3,6-7H,1,4-5,8-13H2. The Kier molecular flexibility index (Phi) is 2.35. The Bertz CT molecular complexity index is 458. The van der Waals surface area contributed by atoms with E-state index < -0.39 is 0 Å². The molecule has 1 saturated carbocycles. The van der Waals surface area contributed by atoms with E-state index in [0.717, 1.165) is 0 Å². The van der Waals surface area contributed by atoms with E-state index in [9.17, 15) is 0 Å². The molecule has 4 rings (SSSR count). The van der Waals surface area contributed by atoms with Gasteiger partial charge in [0.15, 0.2) is 0 Å². The molecule has 3 aliphatic rings. The molecule has 0 N–H and O–H groups in total. The minimum absolute atomic E-state index is 0.0912. The van der Waals surface area contributed by atoms with Crippen molar-refractivity contribution in [3.8, 4) is 0 Å². The van der Waals surface area contributed by atoms with E-state index in [4.69, 9.17) is 4.74 Å². The predicted octanol–water partition coefficient (Wildman–Crippen LogP) is 4.34. The van der Waals surface area contributed by atoms with Crippen molar-refractivity contribution in [2.24, 2.45) is 0 Å². The van der Waals surface area contributed by atoms with E-state index in [2.05, 4.69) is 24.3 Å². The Morgan fingerprint density at radius 1 is 0.833 bits per heavy atom. The normalized spacial score (nSPS) is 33.1. The summed E-state index contributed by atoms with van der Waals surface area (Å²) in [4.78, 5) is 0. The average molecular weight is 242 g/mol. The zero-order valence-corrected chi connectivity index (χ0v) is 11.1. The first-order chi connectivity index (χ1) is 8.82. The molecule has 2 fully saturated rings. The highest BCUT2D eigenvalue weighted by Gasteiger charge is 2.52. The molecule has 2 spiro atoms. The molecule has 96 valence electrons. The molecule has 2 aliphatic carbocycles. The first-order valence-electron chi connectivity index (χ1n) is 7.61. The first kappa shape index (κ1) is 11.0. The van der Waals surface area contributed by atoms with Crippen LogP contribution >= 0.6 is 0 Å². The summed E-state index contributed by atoms with van der Waals surface area (Å²) < 4.78 is 6.76. The van der Waals surface area contributed by atoms with Crippen LogP contribution in [0.5, 0.6) is 0 Å². The van der Waals surface area contributed by atoms with Crippen LogP contribution < -0.4 is 0 Å². The molecular weight excluding hydrogens is 220 g/mol. The average Bonchev–Trinajstić information content (AvgIpc) is 2.95. The Morgan fingerprint density at radius 3 is 2.56 bits per heavy atom. The first-order valence-corrected chi connectivity index (χ1v) is 7.61. The van der Waals surface area contributed by atoms with Gasteiger partial charge in [0.05, 0.1) is 11.2 Å². The Hall–Kier alpha value is -0.820. The molecule has 1 nitrogen and oxygen atoms in total. The molecule has 1 heteroatoms. The fraction of sp³-hybridized carbons (Fsp3) is 0.647. The van der Waals surface area contributed by atoms with Crippen molar-refractivity contribution in [2.75, 3.05) is 0 Å². The molecule has 1 aromatic carbocycles. The monoisotopic (exact) mass is 242 g/mol. The van der Waals surface area contributed by atoms with Crippen molar-refractivity contribution in [1.82, 2.24) is 0 Å². The van der Waals surface area contributed by atoms with E-state index in [1.165, 1.54) is 68.9 Å². The van der Waals surface area contributed by atoms with E-state index in [1.54, 1.807) is 0 Å². The molecule has 1 unspecified atom stereocenters. The molecule has 1 saturated heterocycles. The number of hydrogen-bond acceptors (Lipinski definition) is 1. The quantitative estimate of drug-likeness (QED) is 0.657. The third-order valence-corrected chi connectivity index (χ3v) is 5.47. The Balaban J connectivity index is 1.67. The number of ether oxygens (including phenoxy) is 1. The molecule has 0 amide bonds. The summed E-state index contributed by atoms with van der Waals surface area (Å²) in [5.41, 5.74) is 3.38. The van der Waals surface area contributed by atoms with E-state index >= 15 is 0 Å². The highest BCUT2D eigenvalue weighted by molar-refractivity contribution is 5.38. The molecule has 0 bridgehead atoms. The fourth-order valence-electron chi connectivity index (χ4n) is 4.51. The predicted molar refractivity (Wildman–Crippen MR) is 72.6 cm³/mol. The lowest BCUT2D eigenvalue weighted by molar-refractivity contribution is -0.123. The van der Waals surface area contributed by atoms with Crippen molar-refractivity contribution >= 4 is 0 Å². The van der Waals surface area contributed by atoms with E-state index in [0.29, 0.717) is 0 Å². The maximum absolute atomic E-state index is 6.76. The van der Waals surface area contributed by atoms with Crippen molar-refractivity contribution in [3.05, 3.63) is 35.4 Å². The summed E-state index contributed by atoms with van der Waals surface area (Å²) in [6, 6.07) is 8.95. The number of rotatable bonds is 0. The van der Waals surface area contributed by atoms with E-state index in [-0.39, 0.29) is 11.2 Å². The number of aryl methyl sites for hydroxylation is 1. The topological polar surface area (TPSA) is 9.23 Å². The van der Waals surface area contributed by atoms with Crippen LogP contribution in [0, 0.1) is 0 Å². The molecule has 1 atom stereocenters. The van der Waals surface area contributed by atoms with Gasteiger partial charge in [-0.3, -0.25) is 0 Å². The van der Waals surface area contributed by atoms with E-state index in [1.807, 2.05) is 0 Å². The minimum atomic E-state index is 0.0912. The maximum Gasteiger partial charge on any atom is 0.0945 e. The van der Waals surface area contributed by atoms with Gasteiger partial charge in [-0.2, -0.15) is 0 Å². The molecule has 18 heavy (non-hydrogen) atoms. The third-order valence-electron chi connectivity index (χ3n) is 5.47. The summed E-state index contributed by atoms with van der Waals surface area (Å²) in [5.74, 6) is 0. The van der Waals surface area contributed by atoms with Gasteiger partial charge in [0.2, 0.25) is 0 Å². The van der Waals surface area contributed by atoms with Crippen molar-refractivity contribution in [2.45, 2.75) is 69.0 Å². The Morgan fingerprint density at radius 2 is 1.67 bits per heavy atom. The van der Waals surface area contributed by atoms with Crippen LogP contribution in [0.15, 0.2) is 24.3 Å². The lowest BCUT2D eigenvalue weighted by Crippen LogP contribution is -2.34. The number of hydrogen-bond donors (Lipinski definition) is 0. The number of benzene rings is 1. The van der Waals surface area contributed by atoms with Crippen molar-refractivity contribution < 1.29 is 4.74 Å². The van der Waals surface area contributed by atoms with Crippen LogP contribution in [0.3, 0.4) is 0 Å². The van der Waals surface area contributed by atoms with Gasteiger partial charge in [-0.05, 0) is 49.7 Å². The Labute approximate surface area is 110 Å². The second-order valence-electron chi connectivity index (χ2n) is 6.50. The molecule has 1 aromatic rings. The lowest BCUT2D eigenvalue weighted by Gasteiger charge is -2.36. The summed E-state index contributed by atoms with van der Waals surface area (Å²) >= 11 is 0. The molecular formula is C17H22O. The summed E-state index contributed by atoms with van der Waals surface area (Å²) in [7, 11) is 0. The highest BCUT2D eigenvalue weighted by atomic mass is 16.5. The second kappa shape index (κ2) is 3.84. The van der Waals surface area contributed by atoms with Crippen LogP contribution in [-0.4, -0.2) is 5.60 Å². The highest BCUT2D eigenvalue weighted by Crippen LogP contribution is 2.55. The van der Waals surface area contributed by atoms with Crippen LogP contribution in [0.2, 0.25) is 0 Å². The largest absolute Gasteiger partial charge is 0.364 e. The van der Waals surface area contributed by atoms with Crippen molar-refractivity contribution in [3.63, 3.8) is 0 Å². The van der Waals surface area contributed by atoms with Gasteiger partial charge in [-0.1, -0.05) is 43.5 Å². The molecule has 0 radical (unpaired) electrons. The van der Waals surface area contributed by atoms with Crippen LogP contribution in [-0.2, 0) is 16.8 Å².